The highest BCUT2D eigenvalue weighted by Gasteiger charge is 2.22. The average molecular weight is 320 g/mol. The van der Waals surface area contributed by atoms with Gasteiger partial charge >= 0.3 is 5.97 Å². The lowest BCUT2D eigenvalue weighted by molar-refractivity contribution is -0.131. The lowest BCUT2D eigenvalue weighted by Crippen LogP contribution is -2.49. The summed E-state index contributed by atoms with van der Waals surface area (Å²) in [5.74, 6) is 0.542. The van der Waals surface area contributed by atoms with Crippen molar-refractivity contribution in [3.63, 3.8) is 0 Å². The van der Waals surface area contributed by atoms with Crippen LogP contribution in [0.15, 0.2) is 18.3 Å². The third-order valence-electron chi connectivity index (χ3n) is 3.71. The number of ether oxygens (including phenoxy) is 1. The van der Waals surface area contributed by atoms with Crippen molar-refractivity contribution in [2.75, 3.05) is 37.7 Å². The molecule has 2 N–H and O–H groups in total. The van der Waals surface area contributed by atoms with Crippen molar-refractivity contribution in [2.24, 2.45) is 5.73 Å². The largest absolute Gasteiger partial charge is 0.462 e. The van der Waals surface area contributed by atoms with Gasteiger partial charge in [0.05, 0.1) is 12.2 Å². The Balaban J connectivity index is 1.90. The van der Waals surface area contributed by atoms with E-state index in [0.717, 1.165) is 18.9 Å². The van der Waals surface area contributed by atoms with E-state index in [1.54, 1.807) is 13.0 Å². The van der Waals surface area contributed by atoms with Gasteiger partial charge in [0.2, 0.25) is 5.91 Å². The number of nitrogens with two attached hydrogens (primary N) is 1. The molecule has 0 bridgehead atoms. The van der Waals surface area contributed by atoms with Crippen molar-refractivity contribution in [2.45, 2.75) is 26.3 Å². The van der Waals surface area contributed by atoms with E-state index in [2.05, 4.69) is 9.88 Å². The SMILES string of the molecule is CCOC(=O)c1ccc(N2CCN(C(=O)CC(C)N)CC2)nc1. The molecule has 0 radical (unpaired) electrons. The molecular formula is C16H24N4O3. The number of esters is 1. The smallest absolute Gasteiger partial charge is 0.339 e. The van der Waals surface area contributed by atoms with Gasteiger partial charge in [0.25, 0.3) is 0 Å². The quantitative estimate of drug-likeness (QED) is 0.801. The topological polar surface area (TPSA) is 88.8 Å². The Bertz CT molecular complexity index is 537. The van der Waals surface area contributed by atoms with Crippen LogP contribution in [0.1, 0.15) is 30.6 Å². The summed E-state index contributed by atoms with van der Waals surface area (Å²) in [6.07, 6.45) is 1.91. The summed E-state index contributed by atoms with van der Waals surface area (Å²) in [5, 5.41) is 0. The van der Waals surface area contributed by atoms with E-state index in [0.29, 0.717) is 31.7 Å². The van der Waals surface area contributed by atoms with E-state index in [1.807, 2.05) is 17.9 Å². The molecule has 1 fully saturated rings. The van der Waals surface area contributed by atoms with Gasteiger partial charge in [-0.15, -0.1) is 0 Å². The molecule has 7 heteroatoms. The molecule has 2 heterocycles. The molecule has 1 saturated heterocycles. The molecular weight excluding hydrogens is 296 g/mol. The van der Waals surface area contributed by atoms with E-state index in [1.165, 1.54) is 6.20 Å². The molecule has 126 valence electrons. The van der Waals surface area contributed by atoms with Crippen molar-refractivity contribution >= 4 is 17.7 Å². The fraction of sp³-hybridized carbons (Fsp3) is 0.562. The highest BCUT2D eigenvalue weighted by molar-refractivity contribution is 5.89. The second-order valence-electron chi connectivity index (χ2n) is 5.67. The van der Waals surface area contributed by atoms with E-state index < -0.39 is 0 Å². The molecule has 1 aromatic heterocycles. The van der Waals surface area contributed by atoms with Gasteiger partial charge in [-0.3, -0.25) is 4.79 Å². The van der Waals surface area contributed by atoms with Crippen LogP contribution in [0.25, 0.3) is 0 Å². The first-order chi connectivity index (χ1) is 11.0. The van der Waals surface area contributed by atoms with Gasteiger partial charge in [-0.2, -0.15) is 0 Å². The standard InChI is InChI=1S/C16H24N4O3/c1-3-23-16(22)13-4-5-14(18-11-13)19-6-8-20(9-7-19)15(21)10-12(2)17/h4-5,11-12H,3,6-10,17H2,1-2H3. The minimum absolute atomic E-state index is 0.102. The highest BCUT2D eigenvalue weighted by Crippen LogP contribution is 2.15. The van der Waals surface area contributed by atoms with Gasteiger partial charge in [-0.05, 0) is 26.0 Å². The highest BCUT2D eigenvalue weighted by atomic mass is 16.5. The Morgan fingerprint density at radius 3 is 2.52 bits per heavy atom. The van der Waals surface area contributed by atoms with Gasteiger partial charge in [-0.1, -0.05) is 0 Å². The minimum atomic E-state index is -0.363. The number of anilines is 1. The third-order valence-corrected chi connectivity index (χ3v) is 3.71. The number of amides is 1. The molecule has 1 aliphatic rings. The predicted molar refractivity (Wildman–Crippen MR) is 87.3 cm³/mol. The Kier molecular flexibility index (Phi) is 5.92. The van der Waals surface area contributed by atoms with E-state index >= 15 is 0 Å². The second kappa shape index (κ2) is 7.92. The van der Waals surface area contributed by atoms with Crippen molar-refractivity contribution in [1.82, 2.24) is 9.88 Å². The summed E-state index contributed by atoms with van der Waals surface area (Å²) in [6, 6.07) is 3.41. The molecule has 1 atom stereocenters. The van der Waals surface area contributed by atoms with Crippen LogP contribution < -0.4 is 10.6 Å². The van der Waals surface area contributed by atoms with Crippen LogP contribution in [0.4, 0.5) is 5.82 Å². The number of rotatable bonds is 5. The van der Waals surface area contributed by atoms with Crippen molar-refractivity contribution < 1.29 is 14.3 Å². The predicted octanol–water partition coefficient (Wildman–Crippen LogP) is 0.644. The maximum atomic E-state index is 12.0. The number of aromatic nitrogens is 1. The van der Waals surface area contributed by atoms with Crippen molar-refractivity contribution in [3.8, 4) is 0 Å². The zero-order valence-electron chi connectivity index (χ0n) is 13.7. The lowest BCUT2D eigenvalue weighted by atomic mass is 10.2. The maximum absolute atomic E-state index is 12.0. The molecule has 1 unspecified atom stereocenters. The average Bonchev–Trinajstić information content (AvgIpc) is 2.55. The van der Waals surface area contributed by atoms with Gasteiger partial charge < -0.3 is 20.3 Å². The van der Waals surface area contributed by atoms with Gasteiger partial charge in [0.15, 0.2) is 0 Å². The Morgan fingerprint density at radius 1 is 1.30 bits per heavy atom. The monoisotopic (exact) mass is 320 g/mol. The molecule has 1 amide bonds. The molecule has 2 rings (SSSR count). The summed E-state index contributed by atoms with van der Waals surface area (Å²) >= 11 is 0. The molecule has 0 spiro atoms. The number of nitrogens with zero attached hydrogens (tertiary/aromatic N) is 3. The van der Waals surface area contributed by atoms with Crippen LogP contribution in [0.3, 0.4) is 0 Å². The Morgan fingerprint density at radius 2 is 2.00 bits per heavy atom. The van der Waals surface area contributed by atoms with Gasteiger partial charge in [0.1, 0.15) is 5.82 Å². The normalized spacial score (nSPS) is 16.1. The summed E-state index contributed by atoms with van der Waals surface area (Å²) in [7, 11) is 0. The second-order valence-corrected chi connectivity index (χ2v) is 5.67. The first kappa shape index (κ1) is 17.2. The third kappa shape index (κ3) is 4.66. The fourth-order valence-electron chi connectivity index (χ4n) is 2.50. The summed E-state index contributed by atoms with van der Waals surface area (Å²) in [5.41, 5.74) is 6.12. The molecule has 0 aromatic carbocycles. The van der Waals surface area contributed by atoms with Crippen LogP contribution in [0, 0.1) is 0 Å². The molecule has 0 aliphatic carbocycles. The lowest BCUT2D eigenvalue weighted by Gasteiger charge is -2.35. The van der Waals surface area contributed by atoms with E-state index in [-0.39, 0.29) is 17.9 Å². The maximum Gasteiger partial charge on any atom is 0.339 e. The van der Waals surface area contributed by atoms with E-state index in [4.69, 9.17) is 10.5 Å². The Hall–Kier alpha value is -2.15. The number of carbonyl (C=O) groups excluding carboxylic acids is 2. The molecule has 0 saturated carbocycles. The zero-order chi connectivity index (χ0) is 16.8. The Labute approximate surface area is 136 Å². The van der Waals surface area contributed by atoms with Crippen LogP contribution >= 0.6 is 0 Å². The first-order valence-corrected chi connectivity index (χ1v) is 7.92. The van der Waals surface area contributed by atoms with Crippen LogP contribution in [-0.4, -0.2) is 60.6 Å². The van der Waals surface area contributed by atoms with Crippen LogP contribution in [0.5, 0.6) is 0 Å². The first-order valence-electron chi connectivity index (χ1n) is 7.92. The number of hydrogen-bond acceptors (Lipinski definition) is 6. The summed E-state index contributed by atoms with van der Waals surface area (Å²) in [6.45, 7) is 6.71. The number of hydrogen-bond donors (Lipinski definition) is 1. The van der Waals surface area contributed by atoms with Crippen molar-refractivity contribution in [3.05, 3.63) is 23.9 Å². The molecule has 1 aromatic rings. The van der Waals surface area contributed by atoms with Gasteiger partial charge in [-0.25, -0.2) is 9.78 Å². The number of carbonyl (C=O) groups is 2. The van der Waals surface area contributed by atoms with Crippen molar-refractivity contribution in [1.29, 1.82) is 0 Å². The summed E-state index contributed by atoms with van der Waals surface area (Å²) < 4.78 is 4.94. The zero-order valence-corrected chi connectivity index (χ0v) is 13.7. The molecule has 1 aliphatic heterocycles. The minimum Gasteiger partial charge on any atom is -0.462 e. The van der Waals surface area contributed by atoms with Crippen LogP contribution in [-0.2, 0) is 9.53 Å². The summed E-state index contributed by atoms with van der Waals surface area (Å²) in [4.78, 5) is 31.9. The van der Waals surface area contributed by atoms with E-state index in [9.17, 15) is 9.59 Å². The number of pyridine rings is 1. The van der Waals surface area contributed by atoms with Crippen LogP contribution in [0.2, 0.25) is 0 Å². The molecule has 7 nitrogen and oxygen atoms in total. The fourth-order valence-corrected chi connectivity index (χ4v) is 2.50. The number of piperazine rings is 1. The van der Waals surface area contributed by atoms with Gasteiger partial charge in [0, 0.05) is 44.8 Å². The molecule has 23 heavy (non-hydrogen) atoms.